The molecule has 1 fully saturated rings. The van der Waals surface area contributed by atoms with Crippen LogP contribution in [0.3, 0.4) is 0 Å². The minimum Gasteiger partial charge on any atom is -0.378 e. The molecule has 2 rings (SSSR count). The fraction of sp³-hybridized carbons (Fsp3) is 0.800. The molecule has 1 aliphatic rings. The maximum atomic E-state index is 5.30. The monoisotopic (exact) mass is 227 g/mol. The van der Waals surface area contributed by atoms with Crippen LogP contribution in [-0.4, -0.2) is 35.7 Å². The molecule has 15 heavy (non-hydrogen) atoms. The molecule has 1 aliphatic heterocycles. The lowest BCUT2D eigenvalue weighted by atomic mass is 10.1. The molecule has 2 heterocycles. The summed E-state index contributed by atoms with van der Waals surface area (Å²) in [6, 6.07) is 0. The summed E-state index contributed by atoms with van der Waals surface area (Å²) in [5.74, 6) is 1.41. The van der Waals surface area contributed by atoms with E-state index in [4.69, 9.17) is 4.74 Å². The van der Waals surface area contributed by atoms with Gasteiger partial charge in [-0.15, -0.1) is 0 Å². The van der Waals surface area contributed by atoms with Gasteiger partial charge < -0.3 is 9.64 Å². The molecule has 0 spiro atoms. The Morgan fingerprint density at radius 1 is 1.47 bits per heavy atom. The summed E-state index contributed by atoms with van der Waals surface area (Å²) in [7, 11) is 0. The number of hydrogen-bond donors (Lipinski definition) is 0. The molecule has 4 nitrogen and oxygen atoms in total. The van der Waals surface area contributed by atoms with E-state index in [9.17, 15) is 0 Å². The lowest BCUT2D eigenvalue weighted by Crippen LogP contribution is -2.36. The van der Waals surface area contributed by atoms with Gasteiger partial charge in [0, 0.05) is 19.0 Å². The van der Waals surface area contributed by atoms with Crippen LogP contribution in [0.1, 0.15) is 31.2 Å². The topological polar surface area (TPSA) is 38.2 Å². The summed E-state index contributed by atoms with van der Waals surface area (Å²) >= 11 is 1.53. The van der Waals surface area contributed by atoms with Crippen molar-refractivity contribution in [1.82, 2.24) is 9.36 Å². The largest absolute Gasteiger partial charge is 0.378 e. The smallest absolute Gasteiger partial charge is 0.237 e. The Bertz CT molecular complexity index is 309. The molecule has 0 N–H and O–H groups in total. The molecule has 0 saturated carbocycles. The van der Waals surface area contributed by atoms with E-state index in [0.29, 0.717) is 5.92 Å². The average molecular weight is 227 g/mol. The van der Waals surface area contributed by atoms with Gasteiger partial charge in [-0.1, -0.05) is 13.8 Å². The standard InChI is InChI=1S/C10H17N3OS/c1-3-8(2)9-11-10(12-15-9)13-4-6-14-7-5-13/h8H,3-7H2,1-2H3. The molecule has 0 radical (unpaired) electrons. The lowest BCUT2D eigenvalue weighted by molar-refractivity contribution is 0.122. The highest BCUT2D eigenvalue weighted by Gasteiger charge is 2.17. The van der Waals surface area contributed by atoms with E-state index >= 15 is 0 Å². The van der Waals surface area contributed by atoms with Gasteiger partial charge >= 0.3 is 0 Å². The maximum absolute atomic E-state index is 5.30. The zero-order valence-electron chi connectivity index (χ0n) is 9.27. The van der Waals surface area contributed by atoms with Crippen molar-refractivity contribution in [3.8, 4) is 0 Å². The Balaban J connectivity index is 2.05. The summed E-state index contributed by atoms with van der Waals surface area (Å²) < 4.78 is 9.71. The van der Waals surface area contributed by atoms with Crippen LogP contribution in [0.4, 0.5) is 5.95 Å². The Kier molecular flexibility index (Phi) is 3.53. The number of aromatic nitrogens is 2. The number of nitrogens with zero attached hydrogens (tertiary/aromatic N) is 3. The van der Waals surface area contributed by atoms with E-state index in [0.717, 1.165) is 43.7 Å². The first-order valence-electron chi connectivity index (χ1n) is 5.47. The molecule has 1 saturated heterocycles. The Morgan fingerprint density at radius 3 is 2.87 bits per heavy atom. The van der Waals surface area contributed by atoms with Gasteiger partial charge in [-0.3, -0.25) is 0 Å². The quantitative estimate of drug-likeness (QED) is 0.790. The van der Waals surface area contributed by atoms with E-state index in [1.807, 2.05) is 0 Å². The number of anilines is 1. The van der Waals surface area contributed by atoms with Crippen molar-refractivity contribution in [2.75, 3.05) is 31.2 Å². The molecule has 1 aromatic heterocycles. The van der Waals surface area contributed by atoms with Gasteiger partial charge in [-0.25, -0.2) is 4.98 Å². The van der Waals surface area contributed by atoms with Gasteiger partial charge in [0.15, 0.2) is 0 Å². The molecule has 0 amide bonds. The van der Waals surface area contributed by atoms with Gasteiger partial charge in [0.2, 0.25) is 5.95 Å². The van der Waals surface area contributed by atoms with Crippen molar-refractivity contribution in [1.29, 1.82) is 0 Å². The zero-order chi connectivity index (χ0) is 10.7. The van der Waals surface area contributed by atoms with Crippen molar-refractivity contribution in [3.63, 3.8) is 0 Å². The van der Waals surface area contributed by atoms with Crippen molar-refractivity contribution >= 4 is 17.5 Å². The normalized spacial score (nSPS) is 19.2. The van der Waals surface area contributed by atoms with Crippen LogP contribution in [0.25, 0.3) is 0 Å². The van der Waals surface area contributed by atoms with Crippen molar-refractivity contribution in [3.05, 3.63) is 5.01 Å². The third-order valence-electron chi connectivity index (χ3n) is 2.76. The second-order valence-corrected chi connectivity index (χ2v) is 4.62. The number of morpholine rings is 1. The van der Waals surface area contributed by atoms with E-state index in [-0.39, 0.29) is 0 Å². The molecular weight excluding hydrogens is 210 g/mol. The Labute approximate surface area is 94.4 Å². The van der Waals surface area contributed by atoms with Crippen LogP contribution in [0.5, 0.6) is 0 Å². The fourth-order valence-corrected chi connectivity index (χ4v) is 2.29. The molecule has 1 atom stereocenters. The highest BCUT2D eigenvalue weighted by molar-refractivity contribution is 7.05. The van der Waals surface area contributed by atoms with E-state index in [2.05, 4.69) is 28.1 Å². The van der Waals surface area contributed by atoms with Gasteiger partial charge in [-0.2, -0.15) is 4.37 Å². The van der Waals surface area contributed by atoms with Crippen LogP contribution in [0, 0.1) is 0 Å². The predicted molar refractivity (Wildman–Crippen MR) is 61.6 cm³/mol. The third-order valence-corrected chi connectivity index (χ3v) is 3.69. The van der Waals surface area contributed by atoms with Crippen LogP contribution in [-0.2, 0) is 4.74 Å². The molecule has 1 unspecified atom stereocenters. The van der Waals surface area contributed by atoms with Crippen molar-refractivity contribution in [2.24, 2.45) is 0 Å². The predicted octanol–water partition coefficient (Wildman–Crippen LogP) is 1.89. The van der Waals surface area contributed by atoms with Crippen LogP contribution in [0.15, 0.2) is 0 Å². The van der Waals surface area contributed by atoms with Crippen molar-refractivity contribution in [2.45, 2.75) is 26.2 Å². The van der Waals surface area contributed by atoms with Crippen molar-refractivity contribution < 1.29 is 4.74 Å². The Hall–Kier alpha value is -0.680. The summed E-state index contributed by atoms with van der Waals surface area (Å²) in [5, 5.41) is 1.15. The first-order valence-corrected chi connectivity index (χ1v) is 6.25. The van der Waals surface area contributed by atoms with Gasteiger partial charge in [0.25, 0.3) is 0 Å². The van der Waals surface area contributed by atoms with E-state index in [1.54, 1.807) is 0 Å². The first kappa shape index (κ1) is 10.8. The van der Waals surface area contributed by atoms with Crippen LogP contribution in [0.2, 0.25) is 0 Å². The third kappa shape index (κ3) is 2.46. The van der Waals surface area contributed by atoms with E-state index < -0.39 is 0 Å². The van der Waals surface area contributed by atoms with Gasteiger partial charge in [-0.05, 0) is 18.0 Å². The molecule has 5 heteroatoms. The van der Waals surface area contributed by atoms with Crippen LogP contribution < -0.4 is 4.90 Å². The summed E-state index contributed by atoms with van der Waals surface area (Å²) in [6.07, 6.45) is 1.12. The van der Waals surface area contributed by atoms with Crippen LogP contribution >= 0.6 is 11.5 Å². The maximum Gasteiger partial charge on any atom is 0.237 e. The highest BCUT2D eigenvalue weighted by Crippen LogP contribution is 2.23. The minimum atomic E-state index is 0.525. The van der Waals surface area contributed by atoms with E-state index in [1.165, 1.54) is 11.5 Å². The molecular formula is C10H17N3OS. The molecule has 0 aliphatic carbocycles. The Morgan fingerprint density at radius 2 is 2.20 bits per heavy atom. The highest BCUT2D eigenvalue weighted by atomic mass is 32.1. The number of hydrogen-bond acceptors (Lipinski definition) is 5. The first-order chi connectivity index (χ1) is 7.31. The average Bonchev–Trinajstić information content (AvgIpc) is 2.78. The molecule has 0 aromatic carbocycles. The van der Waals surface area contributed by atoms with Gasteiger partial charge in [0.05, 0.1) is 13.2 Å². The zero-order valence-corrected chi connectivity index (χ0v) is 10.1. The number of rotatable bonds is 3. The summed E-state index contributed by atoms with van der Waals surface area (Å²) in [5.41, 5.74) is 0. The molecule has 1 aromatic rings. The SMILES string of the molecule is CCC(C)c1nc(N2CCOCC2)ns1. The second kappa shape index (κ2) is 4.90. The number of ether oxygens (including phenoxy) is 1. The summed E-state index contributed by atoms with van der Waals surface area (Å²) in [6.45, 7) is 7.78. The molecule has 84 valence electrons. The molecule has 0 bridgehead atoms. The fourth-order valence-electron chi connectivity index (χ4n) is 1.49. The summed E-state index contributed by atoms with van der Waals surface area (Å²) in [4.78, 5) is 6.78. The second-order valence-electron chi connectivity index (χ2n) is 3.84. The van der Waals surface area contributed by atoms with Gasteiger partial charge in [0.1, 0.15) is 5.01 Å². The minimum absolute atomic E-state index is 0.525. The lowest BCUT2D eigenvalue weighted by Gasteiger charge is -2.25.